The van der Waals surface area contributed by atoms with Crippen molar-refractivity contribution in [2.75, 3.05) is 0 Å². The predicted molar refractivity (Wildman–Crippen MR) is 66.5 cm³/mol. The summed E-state index contributed by atoms with van der Waals surface area (Å²) in [5, 5.41) is 4.72. The van der Waals surface area contributed by atoms with Gasteiger partial charge in [-0.15, -0.1) is 0 Å². The summed E-state index contributed by atoms with van der Waals surface area (Å²) in [7, 11) is 0. The second kappa shape index (κ2) is 3.39. The Labute approximate surface area is 106 Å². The first kappa shape index (κ1) is 9.98. The fraction of sp³-hybridized carbons (Fsp3) is 0. The third kappa shape index (κ3) is 1.31. The molecule has 80 valence electrons. The van der Waals surface area contributed by atoms with Gasteiger partial charge >= 0.3 is 5.69 Å². The molecule has 1 N–H and O–H groups in total. The number of nitrogens with one attached hydrogen (secondary N) is 1. The molecule has 0 bridgehead atoms. The van der Waals surface area contributed by atoms with Gasteiger partial charge in [0.15, 0.2) is 0 Å². The highest BCUT2D eigenvalue weighted by atomic mass is 79.9. The first-order valence-corrected chi connectivity index (χ1v) is 5.96. The van der Waals surface area contributed by atoms with Gasteiger partial charge < -0.3 is 4.98 Å². The van der Waals surface area contributed by atoms with Crippen LogP contribution in [0.1, 0.15) is 0 Å². The van der Waals surface area contributed by atoms with Crippen molar-refractivity contribution in [1.29, 1.82) is 0 Å². The summed E-state index contributed by atoms with van der Waals surface area (Å²) in [5.41, 5.74) is 0.860. The molecule has 0 saturated carbocycles. The SMILES string of the molecule is O=c1nc2cc(Br)cc(Br)c2c2[nH]cnn12. The smallest absolute Gasteiger partial charge is 0.329 e. The fourth-order valence-electron chi connectivity index (χ4n) is 1.62. The fourth-order valence-corrected chi connectivity index (χ4v) is 3.01. The van der Waals surface area contributed by atoms with Crippen molar-refractivity contribution >= 4 is 48.4 Å². The molecule has 0 amide bonds. The standard InChI is InChI=1S/C9H4Br2N4O/c10-4-1-5(11)7-6(2-4)14-9(16)15-8(7)12-3-13-15/h1-3H,(H,12,13). The number of fused-ring (bicyclic) bond motifs is 3. The third-order valence-electron chi connectivity index (χ3n) is 2.25. The number of aromatic amines is 1. The van der Waals surface area contributed by atoms with E-state index in [1.165, 1.54) is 10.8 Å². The zero-order valence-electron chi connectivity index (χ0n) is 7.74. The van der Waals surface area contributed by atoms with Gasteiger partial charge in [0.25, 0.3) is 0 Å². The number of benzene rings is 1. The molecular weight excluding hydrogens is 340 g/mol. The van der Waals surface area contributed by atoms with Gasteiger partial charge in [0.2, 0.25) is 0 Å². The number of rotatable bonds is 0. The lowest BCUT2D eigenvalue weighted by Gasteiger charge is -2.02. The minimum atomic E-state index is -0.395. The summed E-state index contributed by atoms with van der Waals surface area (Å²) in [6.07, 6.45) is 1.46. The van der Waals surface area contributed by atoms with Gasteiger partial charge in [0.1, 0.15) is 12.0 Å². The Bertz CT molecular complexity index is 761. The van der Waals surface area contributed by atoms with E-state index in [2.05, 4.69) is 46.9 Å². The highest BCUT2D eigenvalue weighted by Gasteiger charge is 2.10. The zero-order valence-corrected chi connectivity index (χ0v) is 10.9. The first-order valence-electron chi connectivity index (χ1n) is 4.38. The number of halogens is 2. The molecule has 2 aromatic heterocycles. The van der Waals surface area contributed by atoms with Crippen molar-refractivity contribution < 1.29 is 0 Å². The van der Waals surface area contributed by atoms with Crippen molar-refractivity contribution in [2.45, 2.75) is 0 Å². The van der Waals surface area contributed by atoms with E-state index < -0.39 is 5.69 Å². The van der Waals surface area contributed by atoms with E-state index >= 15 is 0 Å². The van der Waals surface area contributed by atoms with Crippen molar-refractivity contribution in [3.05, 3.63) is 37.9 Å². The molecule has 0 unspecified atom stereocenters. The van der Waals surface area contributed by atoms with Crippen molar-refractivity contribution in [1.82, 2.24) is 19.6 Å². The Morgan fingerprint density at radius 1 is 1.31 bits per heavy atom. The molecule has 3 rings (SSSR count). The molecule has 2 heterocycles. The van der Waals surface area contributed by atoms with Crippen molar-refractivity contribution in [2.24, 2.45) is 0 Å². The monoisotopic (exact) mass is 342 g/mol. The lowest BCUT2D eigenvalue weighted by molar-refractivity contribution is 0.881. The van der Waals surface area contributed by atoms with Crippen LogP contribution in [-0.2, 0) is 0 Å². The van der Waals surface area contributed by atoms with Crippen LogP contribution in [-0.4, -0.2) is 19.6 Å². The van der Waals surface area contributed by atoms with E-state index in [-0.39, 0.29) is 0 Å². The predicted octanol–water partition coefficient (Wildman–Crippen LogP) is 2.10. The van der Waals surface area contributed by atoms with Gasteiger partial charge in [0, 0.05) is 8.95 Å². The lowest BCUT2D eigenvalue weighted by atomic mass is 10.2. The lowest BCUT2D eigenvalue weighted by Crippen LogP contribution is -2.17. The van der Waals surface area contributed by atoms with Crippen LogP contribution in [0.25, 0.3) is 16.6 Å². The van der Waals surface area contributed by atoms with E-state index in [1.54, 1.807) is 6.07 Å². The molecule has 0 aliphatic rings. The Balaban J connectivity index is 2.70. The van der Waals surface area contributed by atoms with Crippen LogP contribution in [0.3, 0.4) is 0 Å². The summed E-state index contributed by atoms with van der Waals surface area (Å²) in [4.78, 5) is 18.5. The summed E-state index contributed by atoms with van der Waals surface area (Å²) >= 11 is 6.80. The Hall–Kier alpha value is -1.21. The van der Waals surface area contributed by atoms with Crippen LogP contribution in [0, 0.1) is 0 Å². The molecule has 0 fully saturated rings. The molecule has 0 spiro atoms. The maximum Gasteiger partial charge on any atom is 0.370 e. The van der Waals surface area contributed by atoms with Gasteiger partial charge in [-0.05, 0) is 28.1 Å². The van der Waals surface area contributed by atoms with Crippen molar-refractivity contribution in [3.63, 3.8) is 0 Å². The molecule has 1 aromatic carbocycles. The Morgan fingerprint density at radius 3 is 2.94 bits per heavy atom. The van der Waals surface area contributed by atoms with Gasteiger partial charge in [-0.3, -0.25) is 0 Å². The van der Waals surface area contributed by atoms with E-state index in [0.717, 1.165) is 14.3 Å². The average molecular weight is 344 g/mol. The van der Waals surface area contributed by atoms with Gasteiger partial charge in [-0.2, -0.15) is 14.6 Å². The molecule has 0 saturated heterocycles. The number of aromatic nitrogens is 4. The quantitative estimate of drug-likeness (QED) is 0.679. The topological polar surface area (TPSA) is 63.0 Å². The molecule has 16 heavy (non-hydrogen) atoms. The highest BCUT2D eigenvalue weighted by molar-refractivity contribution is 9.11. The summed E-state index contributed by atoms with van der Waals surface area (Å²) in [6.45, 7) is 0. The Kier molecular flexibility index (Phi) is 2.11. The van der Waals surface area contributed by atoms with E-state index in [0.29, 0.717) is 11.2 Å². The van der Waals surface area contributed by atoms with Crippen LogP contribution in [0.5, 0.6) is 0 Å². The van der Waals surface area contributed by atoms with Crippen LogP contribution >= 0.6 is 31.9 Å². The average Bonchev–Trinajstić information content (AvgIpc) is 2.65. The largest absolute Gasteiger partial charge is 0.370 e. The summed E-state index contributed by atoms with van der Waals surface area (Å²) in [6, 6.07) is 3.69. The number of hydrogen-bond acceptors (Lipinski definition) is 3. The van der Waals surface area contributed by atoms with Crippen LogP contribution in [0.2, 0.25) is 0 Å². The van der Waals surface area contributed by atoms with E-state index in [1.807, 2.05) is 6.07 Å². The van der Waals surface area contributed by atoms with Gasteiger partial charge in [0.05, 0.1) is 10.9 Å². The van der Waals surface area contributed by atoms with Crippen molar-refractivity contribution in [3.8, 4) is 0 Å². The molecule has 0 atom stereocenters. The molecule has 0 radical (unpaired) electrons. The van der Waals surface area contributed by atoms with Crippen LogP contribution < -0.4 is 5.69 Å². The van der Waals surface area contributed by atoms with E-state index in [4.69, 9.17) is 0 Å². The minimum Gasteiger partial charge on any atom is -0.329 e. The zero-order chi connectivity index (χ0) is 11.3. The molecule has 0 aliphatic carbocycles. The van der Waals surface area contributed by atoms with Crippen LogP contribution in [0.15, 0.2) is 32.2 Å². The summed E-state index contributed by atoms with van der Waals surface area (Å²) < 4.78 is 2.95. The van der Waals surface area contributed by atoms with E-state index in [9.17, 15) is 4.79 Å². The Morgan fingerprint density at radius 2 is 2.12 bits per heavy atom. The van der Waals surface area contributed by atoms with Crippen LogP contribution in [0.4, 0.5) is 0 Å². The third-order valence-corrected chi connectivity index (χ3v) is 3.34. The molecule has 5 nitrogen and oxygen atoms in total. The summed E-state index contributed by atoms with van der Waals surface area (Å²) in [5.74, 6) is 0. The molecular formula is C9H4Br2N4O. The highest BCUT2D eigenvalue weighted by Crippen LogP contribution is 2.28. The molecule has 0 aliphatic heterocycles. The maximum atomic E-state index is 11.6. The first-order chi connectivity index (χ1) is 7.66. The maximum absolute atomic E-state index is 11.6. The van der Waals surface area contributed by atoms with Gasteiger partial charge in [-0.25, -0.2) is 4.79 Å². The molecule has 7 heteroatoms. The number of hydrogen-bond donors (Lipinski definition) is 1. The number of nitrogens with zero attached hydrogens (tertiary/aromatic N) is 3. The molecule has 3 aromatic rings. The minimum absolute atomic E-state index is 0.395. The van der Waals surface area contributed by atoms with Gasteiger partial charge in [-0.1, -0.05) is 15.9 Å². The second-order valence-electron chi connectivity index (χ2n) is 3.23. The number of H-pyrrole nitrogens is 1. The normalized spacial score (nSPS) is 11.4. The second-order valence-corrected chi connectivity index (χ2v) is 5.00.